The zero-order valence-corrected chi connectivity index (χ0v) is 11.6. The van der Waals surface area contributed by atoms with E-state index in [0.29, 0.717) is 18.2 Å². The molecule has 1 heterocycles. The second kappa shape index (κ2) is 6.17. The SMILES string of the molecule is CNC(CN(C)C1CCOC1C)C1CCCC1. The molecule has 0 aromatic heterocycles. The molecule has 0 radical (unpaired) electrons. The van der Waals surface area contributed by atoms with Gasteiger partial charge in [-0.1, -0.05) is 12.8 Å². The Hall–Kier alpha value is -0.120. The third kappa shape index (κ3) is 3.21. The number of rotatable bonds is 5. The van der Waals surface area contributed by atoms with Crippen molar-refractivity contribution in [1.29, 1.82) is 0 Å². The molecule has 1 saturated carbocycles. The summed E-state index contributed by atoms with van der Waals surface area (Å²) in [6, 6.07) is 1.28. The van der Waals surface area contributed by atoms with E-state index >= 15 is 0 Å². The first-order chi connectivity index (χ1) is 8.22. The molecule has 3 unspecified atom stereocenters. The lowest BCUT2D eigenvalue weighted by Crippen LogP contribution is -2.47. The van der Waals surface area contributed by atoms with Gasteiger partial charge in [0.2, 0.25) is 0 Å². The highest BCUT2D eigenvalue weighted by Crippen LogP contribution is 2.28. The normalized spacial score (nSPS) is 32.5. The van der Waals surface area contributed by atoms with E-state index in [-0.39, 0.29) is 0 Å². The lowest BCUT2D eigenvalue weighted by Gasteiger charge is -2.32. The van der Waals surface area contributed by atoms with Crippen molar-refractivity contribution in [3.05, 3.63) is 0 Å². The fourth-order valence-electron chi connectivity index (χ4n) is 3.58. The average molecular weight is 240 g/mol. The van der Waals surface area contributed by atoms with Crippen LogP contribution in [-0.2, 0) is 4.74 Å². The van der Waals surface area contributed by atoms with Crippen molar-refractivity contribution in [2.45, 2.75) is 57.2 Å². The van der Waals surface area contributed by atoms with Crippen molar-refractivity contribution in [2.24, 2.45) is 5.92 Å². The van der Waals surface area contributed by atoms with Gasteiger partial charge in [-0.3, -0.25) is 4.90 Å². The predicted molar refractivity (Wildman–Crippen MR) is 71.3 cm³/mol. The Morgan fingerprint density at radius 1 is 1.29 bits per heavy atom. The van der Waals surface area contributed by atoms with E-state index in [1.165, 1.54) is 38.6 Å². The van der Waals surface area contributed by atoms with E-state index in [4.69, 9.17) is 4.74 Å². The van der Waals surface area contributed by atoms with Gasteiger partial charge in [-0.15, -0.1) is 0 Å². The molecule has 1 N–H and O–H groups in total. The van der Waals surface area contributed by atoms with Crippen molar-refractivity contribution >= 4 is 0 Å². The van der Waals surface area contributed by atoms with Crippen LogP contribution in [-0.4, -0.2) is 50.3 Å². The van der Waals surface area contributed by atoms with E-state index in [9.17, 15) is 0 Å². The van der Waals surface area contributed by atoms with Crippen LogP contribution >= 0.6 is 0 Å². The van der Waals surface area contributed by atoms with Crippen molar-refractivity contribution < 1.29 is 4.74 Å². The van der Waals surface area contributed by atoms with Gasteiger partial charge in [0, 0.05) is 25.2 Å². The summed E-state index contributed by atoms with van der Waals surface area (Å²) in [6.45, 7) is 4.31. The number of hydrogen-bond donors (Lipinski definition) is 1. The van der Waals surface area contributed by atoms with E-state index in [1.807, 2.05) is 0 Å². The van der Waals surface area contributed by atoms with Crippen molar-refractivity contribution in [3.8, 4) is 0 Å². The van der Waals surface area contributed by atoms with Crippen LogP contribution in [0.15, 0.2) is 0 Å². The van der Waals surface area contributed by atoms with Crippen molar-refractivity contribution in [3.63, 3.8) is 0 Å². The van der Waals surface area contributed by atoms with Crippen LogP contribution in [0.1, 0.15) is 39.0 Å². The molecule has 3 nitrogen and oxygen atoms in total. The monoisotopic (exact) mass is 240 g/mol. The molecule has 2 rings (SSSR count). The fraction of sp³-hybridized carbons (Fsp3) is 1.00. The molecule has 0 aromatic carbocycles. The Bertz CT molecular complexity index is 228. The lowest BCUT2D eigenvalue weighted by molar-refractivity contribution is 0.0777. The van der Waals surface area contributed by atoms with Crippen LogP contribution in [0.5, 0.6) is 0 Å². The van der Waals surface area contributed by atoms with Gasteiger partial charge in [0.05, 0.1) is 6.10 Å². The molecule has 1 aliphatic heterocycles. The highest BCUT2D eigenvalue weighted by Gasteiger charge is 2.31. The highest BCUT2D eigenvalue weighted by atomic mass is 16.5. The summed E-state index contributed by atoms with van der Waals surface area (Å²) in [5, 5.41) is 3.53. The minimum atomic E-state index is 0.404. The second-order valence-corrected chi connectivity index (χ2v) is 5.81. The minimum absolute atomic E-state index is 0.404. The molecule has 0 aromatic rings. The Labute approximate surface area is 106 Å². The summed E-state index contributed by atoms with van der Waals surface area (Å²) in [6.07, 6.45) is 7.27. The molecule has 3 heteroatoms. The number of nitrogens with zero attached hydrogens (tertiary/aromatic N) is 1. The molecule has 17 heavy (non-hydrogen) atoms. The summed E-state index contributed by atoms with van der Waals surface area (Å²) in [5.74, 6) is 0.889. The Kier molecular flexibility index (Phi) is 4.83. The molecular weight excluding hydrogens is 212 g/mol. The Morgan fingerprint density at radius 3 is 2.53 bits per heavy atom. The number of ether oxygens (including phenoxy) is 1. The third-order valence-corrected chi connectivity index (χ3v) is 4.73. The van der Waals surface area contributed by atoms with Gasteiger partial charge in [0.25, 0.3) is 0 Å². The van der Waals surface area contributed by atoms with E-state index in [2.05, 4.69) is 31.2 Å². The molecule has 100 valence electrons. The van der Waals surface area contributed by atoms with Gasteiger partial charge in [-0.25, -0.2) is 0 Å². The largest absolute Gasteiger partial charge is 0.377 e. The van der Waals surface area contributed by atoms with Gasteiger partial charge in [-0.2, -0.15) is 0 Å². The third-order valence-electron chi connectivity index (χ3n) is 4.73. The number of nitrogens with one attached hydrogen (secondary N) is 1. The van der Waals surface area contributed by atoms with Gasteiger partial charge >= 0.3 is 0 Å². The zero-order valence-electron chi connectivity index (χ0n) is 11.6. The van der Waals surface area contributed by atoms with Gasteiger partial charge in [-0.05, 0) is 46.2 Å². The number of hydrogen-bond acceptors (Lipinski definition) is 3. The van der Waals surface area contributed by atoms with Crippen LogP contribution in [0.2, 0.25) is 0 Å². The minimum Gasteiger partial charge on any atom is -0.377 e. The molecule has 0 bridgehead atoms. The molecule has 3 atom stereocenters. The van der Waals surface area contributed by atoms with E-state index < -0.39 is 0 Å². The second-order valence-electron chi connectivity index (χ2n) is 5.81. The van der Waals surface area contributed by atoms with E-state index in [1.54, 1.807) is 0 Å². The van der Waals surface area contributed by atoms with Crippen molar-refractivity contribution in [2.75, 3.05) is 27.2 Å². The Balaban J connectivity index is 1.84. The zero-order chi connectivity index (χ0) is 12.3. The van der Waals surface area contributed by atoms with Gasteiger partial charge in [0.15, 0.2) is 0 Å². The van der Waals surface area contributed by atoms with Crippen molar-refractivity contribution in [1.82, 2.24) is 10.2 Å². The summed E-state index contributed by atoms with van der Waals surface area (Å²) in [4.78, 5) is 2.51. The Morgan fingerprint density at radius 2 is 2.00 bits per heavy atom. The van der Waals surface area contributed by atoms with Crippen LogP contribution in [0, 0.1) is 5.92 Å². The first-order valence-electron chi connectivity index (χ1n) is 7.21. The standard InChI is InChI=1S/C14H28N2O/c1-11-14(8-9-17-11)16(3)10-13(15-2)12-6-4-5-7-12/h11-15H,4-10H2,1-3H3. The maximum atomic E-state index is 5.67. The van der Waals surface area contributed by atoms with Gasteiger partial charge in [0.1, 0.15) is 0 Å². The predicted octanol–water partition coefficient (Wildman–Crippen LogP) is 1.87. The quantitative estimate of drug-likeness (QED) is 0.794. The molecule has 1 aliphatic carbocycles. The van der Waals surface area contributed by atoms with Gasteiger partial charge < -0.3 is 10.1 Å². The molecule has 0 amide bonds. The topological polar surface area (TPSA) is 24.5 Å². The van der Waals surface area contributed by atoms with Crippen LogP contribution in [0.25, 0.3) is 0 Å². The van der Waals surface area contributed by atoms with E-state index in [0.717, 1.165) is 12.5 Å². The maximum Gasteiger partial charge on any atom is 0.0702 e. The highest BCUT2D eigenvalue weighted by molar-refractivity contribution is 4.86. The molecule has 0 spiro atoms. The summed E-state index contributed by atoms with van der Waals surface area (Å²) in [7, 11) is 4.38. The van der Waals surface area contributed by atoms with Crippen LogP contribution in [0.3, 0.4) is 0 Å². The maximum absolute atomic E-state index is 5.67. The van der Waals surface area contributed by atoms with Crippen LogP contribution < -0.4 is 5.32 Å². The summed E-state index contributed by atoms with van der Waals surface area (Å²) in [5.41, 5.74) is 0. The summed E-state index contributed by atoms with van der Waals surface area (Å²) < 4.78 is 5.67. The van der Waals surface area contributed by atoms with Crippen LogP contribution in [0.4, 0.5) is 0 Å². The molecular formula is C14H28N2O. The lowest BCUT2D eigenvalue weighted by atomic mass is 9.97. The molecule has 2 fully saturated rings. The first-order valence-corrected chi connectivity index (χ1v) is 7.21. The fourth-order valence-corrected chi connectivity index (χ4v) is 3.58. The summed E-state index contributed by atoms with van der Waals surface area (Å²) >= 11 is 0. The molecule has 2 aliphatic rings. The smallest absolute Gasteiger partial charge is 0.0702 e. The molecule has 1 saturated heterocycles. The first kappa shape index (κ1) is 13.3. The number of likely N-dealkylation sites (N-methyl/N-ethyl adjacent to an activating group) is 2. The average Bonchev–Trinajstić information content (AvgIpc) is 2.96.